The first-order chi connectivity index (χ1) is 9.67. The van der Waals surface area contributed by atoms with Crippen LogP contribution in [0.15, 0.2) is 18.2 Å². The van der Waals surface area contributed by atoms with E-state index in [4.69, 9.17) is 4.74 Å². The molecule has 0 aliphatic heterocycles. The van der Waals surface area contributed by atoms with Gasteiger partial charge in [0.25, 0.3) is 0 Å². The lowest BCUT2D eigenvalue weighted by atomic mass is 9.82. The van der Waals surface area contributed by atoms with Gasteiger partial charge < -0.3 is 9.64 Å². The second-order valence-electron chi connectivity index (χ2n) is 5.51. The Balaban J connectivity index is 1.99. The fourth-order valence-corrected chi connectivity index (χ4v) is 3.06. The number of carbonyl (C=O) groups is 1. The Labute approximate surface area is 121 Å². The molecule has 0 spiro atoms. The smallest absolute Gasteiger partial charge is 0.222 e. The van der Waals surface area contributed by atoms with Gasteiger partial charge in [-0.2, -0.15) is 0 Å². The quantitative estimate of drug-likeness (QED) is 0.826. The Bertz CT molecular complexity index is 466. The van der Waals surface area contributed by atoms with Crippen molar-refractivity contribution < 1.29 is 9.53 Å². The zero-order chi connectivity index (χ0) is 14.5. The first-order valence-corrected chi connectivity index (χ1v) is 7.61. The normalized spacial score (nSPS) is 17.4. The molecule has 110 valence electrons. The molecular formula is C17H25NO2. The number of ether oxygens (including phenoxy) is 1. The molecule has 0 bridgehead atoms. The van der Waals surface area contributed by atoms with Gasteiger partial charge in [-0.3, -0.25) is 4.79 Å². The van der Waals surface area contributed by atoms with E-state index in [2.05, 4.69) is 12.1 Å². The summed E-state index contributed by atoms with van der Waals surface area (Å²) in [5, 5.41) is 0. The predicted octanol–water partition coefficient (Wildman–Crippen LogP) is 3.06. The average Bonchev–Trinajstić information content (AvgIpc) is 2.48. The molecule has 0 fully saturated rings. The van der Waals surface area contributed by atoms with Crippen molar-refractivity contribution >= 4 is 5.91 Å². The molecule has 0 N–H and O–H groups in total. The Kier molecular flexibility index (Phi) is 5.05. The van der Waals surface area contributed by atoms with Crippen molar-refractivity contribution in [1.29, 1.82) is 0 Å². The lowest BCUT2D eigenvalue weighted by Crippen LogP contribution is -2.32. The summed E-state index contributed by atoms with van der Waals surface area (Å²) in [5.41, 5.74) is 2.77. The summed E-state index contributed by atoms with van der Waals surface area (Å²) >= 11 is 0. The van der Waals surface area contributed by atoms with Crippen LogP contribution in [0.2, 0.25) is 0 Å². The first-order valence-electron chi connectivity index (χ1n) is 7.61. The van der Waals surface area contributed by atoms with E-state index in [-0.39, 0.29) is 0 Å². The van der Waals surface area contributed by atoms with Gasteiger partial charge in [0.2, 0.25) is 5.91 Å². The highest BCUT2D eigenvalue weighted by Crippen LogP contribution is 2.30. The number of fused-ring (bicyclic) bond motifs is 1. The van der Waals surface area contributed by atoms with Gasteiger partial charge in [0.15, 0.2) is 0 Å². The molecule has 1 unspecified atom stereocenters. The fourth-order valence-electron chi connectivity index (χ4n) is 3.06. The zero-order valence-corrected chi connectivity index (χ0v) is 12.8. The number of benzene rings is 1. The van der Waals surface area contributed by atoms with E-state index < -0.39 is 0 Å². The molecule has 20 heavy (non-hydrogen) atoms. The van der Waals surface area contributed by atoms with E-state index in [1.54, 1.807) is 7.11 Å². The van der Waals surface area contributed by atoms with Crippen molar-refractivity contribution in [2.75, 3.05) is 20.2 Å². The van der Waals surface area contributed by atoms with E-state index in [0.29, 0.717) is 18.2 Å². The monoisotopic (exact) mass is 275 g/mol. The minimum absolute atomic E-state index is 0.303. The number of carbonyl (C=O) groups excluding carboxylic acids is 1. The van der Waals surface area contributed by atoms with Crippen molar-refractivity contribution in [1.82, 2.24) is 4.90 Å². The van der Waals surface area contributed by atoms with Gasteiger partial charge in [-0.15, -0.1) is 0 Å². The van der Waals surface area contributed by atoms with E-state index in [0.717, 1.165) is 38.1 Å². The number of rotatable bonds is 5. The summed E-state index contributed by atoms with van der Waals surface area (Å²) < 4.78 is 5.27. The summed E-state index contributed by atoms with van der Waals surface area (Å²) in [5.74, 6) is 1.72. The number of methoxy groups -OCH3 is 1. The number of hydrogen-bond donors (Lipinski definition) is 0. The van der Waals surface area contributed by atoms with Crippen LogP contribution in [0, 0.1) is 5.92 Å². The standard InChI is InChI=1S/C17H25NO2/c1-4-18(5-2)17(19)11-13-6-7-15-12-16(20-3)9-8-14(15)10-13/h8-9,12-13H,4-7,10-11H2,1-3H3. The molecule has 1 atom stereocenters. The van der Waals surface area contributed by atoms with Gasteiger partial charge in [-0.25, -0.2) is 0 Å². The zero-order valence-electron chi connectivity index (χ0n) is 12.8. The second kappa shape index (κ2) is 6.78. The highest BCUT2D eigenvalue weighted by atomic mass is 16.5. The van der Waals surface area contributed by atoms with Crippen LogP contribution in [0.5, 0.6) is 5.75 Å². The van der Waals surface area contributed by atoms with Crippen LogP contribution in [-0.4, -0.2) is 31.0 Å². The average molecular weight is 275 g/mol. The molecule has 1 aliphatic carbocycles. The third-order valence-electron chi connectivity index (χ3n) is 4.32. The van der Waals surface area contributed by atoms with Crippen molar-refractivity contribution in [3.63, 3.8) is 0 Å². The summed E-state index contributed by atoms with van der Waals surface area (Å²) in [6, 6.07) is 6.31. The maximum absolute atomic E-state index is 12.2. The Morgan fingerprint density at radius 2 is 2.05 bits per heavy atom. The summed E-state index contributed by atoms with van der Waals surface area (Å²) in [6.07, 6.45) is 3.87. The van der Waals surface area contributed by atoms with Crippen molar-refractivity contribution in [2.45, 2.75) is 39.5 Å². The molecular weight excluding hydrogens is 250 g/mol. The third-order valence-corrected chi connectivity index (χ3v) is 4.32. The van der Waals surface area contributed by atoms with Gasteiger partial charge in [-0.05, 0) is 62.3 Å². The minimum Gasteiger partial charge on any atom is -0.497 e. The number of hydrogen-bond acceptors (Lipinski definition) is 2. The first kappa shape index (κ1) is 14.9. The molecule has 0 saturated carbocycles. The lowest BCUT2D eigenvalue weighted by Gasteiger charge is -2.27. The summed E-state index contributed by atoms with van der Waals surface area (Å²) in [7, 11) is 1.70. The maximum atomic E-state index is 12.2. The van der Waals surface area contributed by atoms with Crippen LogP contribution in [-0.2, 0) is 17.6 Å². The topological polar surface area (TPSA) is 29.5 Å². The summed E-state index contributed by atoms with van der Waals surface area (Å²) in [6.45, 7) is 5.72. The molecule has 0 radical (unpaired) electrons. The van der Waals surface area contributed by atoms with E-state index >= 15 is 0 Å². The van der Waals surface area contributed by atoms with Crippen LogP contribution in [0.3, 0.4) is 0 Å². The number of aryl methyl sites for hydroxylation is 1. The van der Waals surface area contributed by atoms with E-state index in [1.165, 1.54) is 11.1 Å². The fraction of sp³-hybridized carbons (Fsp3) is 0.588. The van der Waals surface area contributed by atoms with Crippen LogP contribution >= 0.6 is 0 Å². The molecule has 0 aromatic heterocycles. The van der Waals surface area contributed by atoms with Gasteiger partial charge in [0.05, 0.1) is 7.11 Å². The highest BCUT2D eigenvalue weighted by Gasteiger charge is 2.23. The van der Waals surface area contributed by atoms with E-state index in [9.17, 15) is 4.79 Å². The Morgan fingerprint density at radius 3 is 2.70 bits per heavy atom. The molecule has 2 rings (SSSR count). The SMILES string of the molecule is CCN(CC)C(=O)CC1CCc2cc(OC)ccc2C1. The second-order valence-corrected chi connectivity index (χ2v) is 5.51. The largest absolute Gasteiger partial charge is 0.497 e. The highest BCUT2D eigenvalue weighted by molar-refractivity contribution is 5.76. The van der Waals surface area contributed by atoms with Crippen LogP contribution in [0.1, 0.15) is 37.8 Å². The van der Waals surface area contributed by atoms with E-state index in [1.807, 2.05) is 24.8 Å². The minimum atomic E-state index is 0.303. The number of nitrogens with zero attached hydrogens (tertiary/aromatic N) is 1. The third kappa shape index (κ3) is 3.33. The Morgan fingerprint density at radius 1 is 1.30 bits per heavy atom. The van der Waals surface area contributed by atoms with Crippen molar-refractivity contribution in [2.24, 2.45) is 5.92 Å². The predicted molar refractivity (Wildman–Crippen MR) is 81.1 cm³/mol. The summed E-state index contributed by atoms with van der Waals surface area (Å²) in [4.78, 5) is 14.1. The molecule has 1 aromatic rings. The molecule has 0 heterocycles. The molecule has 1 aliphatic rings. The maximum Gasteiger partial charge on any atom is 0.222 e. The van der Waals surface area contributed by atoms with Crippen molar-refractivity contribution in [3.05, 3.63) is 29.3 Å². The van der Waals surface area contributed by atoms with Crippen LogP contribution in [0.4, 0.5) is 0 Å². The number of amides is 1. The van der Waals surface area contributed by atoms with Crippen LogP contribution < -0.4 is 4.74 Å². The van der Waals surface area contributed by atoms with Gasteiger partial charge in [0, 0.05) is 19.5 Å². The lowest BCUT2D eigenvalue weighted by molar-refractivity contribution is -0.131. The molecule has 3 nitrogen and oxygen atoms in total. The van der Waals surface area contributed by atoms with Crippen LogP contribution in [0.25, 0.3) is 0 Å². The molecule has 3 heteroatoms. The molecule has 1 aromatic carbocycles. The van der Waals surface area contributed by atoms with Gasteiger partial charge in [0.1, 0.15) is 5.75 Å². The molecule has 1 amide bonds. The van der Waals surface area contributed by atoms with Gasteiger partial charge >= 0.3 is 0 Å². The van der Waals surface area contributed by atoms with Gasteiger partial charge in [-0.1, -0.05) is 6.07 Å². The Hall–Kier alpha value is -1.51. The molecule has 0 saturated heterocycles. The van der Waals surface area contributed by atoms with Crippen molar-refractivity contribution in [3.8, 4) is 5.75 Å².